The topological polar surface area (TPSA) is 88.4 Å². The van der Waals surface area contributed by atoms with Crippen molar-refractivity contribution in [1.82, 2.24) is 19.9 Å². The molecule has 136 valence electrons. The van der Waals surface area contributed by atoms with Crippen molar-refractivity contribution >= 4 is 5.91 Å². The Morgan fingerprint density at radius 3 is 3.00 bits per heavy atom. The lowest BCUT2D eigenvalue weighted by molar-refractivity contribution is 0.0760. The summed E-state index contributed by atoms with van der Waals surface area (Å²) in [4.78, 5) is 27.6. The van der Waals surface area contributed by atoms with Gasteiger partial charge in [-0.3, -0.25) is 14.8 Å². The summed E-state index contributed by atoms with van der Waals surface area (Å²) in [6.45, 7) is 0.792. The number of aliphatic hydroxyl groups excluding tert-OH is 1. The molecular weight excluding hydrogens is 332 g/mol. The quantitative estimate of drug-likeness (QED) is 0.883. The zero-order valence-electron chi connectivity index (χ0n) is 14.8. The summed E-state index contributed by atoms with van der Waals surface area (Å²) in [7, 11) is 1.54. The lowest BCUT2D eigenvalue weighted by Crippen LogP contribution is -2.30. The van der Waals surface area contributed by atoms with Gasteiger partial charge in [-0.25, -0.2) is 4.98 Å². The Bertz CT molecular complexity index is 812. The van der Waals surface area contributed by atoms with E-state index in [1.807, 2.05) is 6.07 Å². The summed E-state index contributed by atoms with van der Waals surface area (Å²) < 4.78 is 5.36. The van der Waals surface area contributed by atoms with Crippen molar-refractivity contribution < 1.29 is 14.6 Å². The number of β-amino-alcohol motifs (C(OH)–C–C–N with tert-alkyl or cyclic N) is 1. The van der Waals surface area contributed by atoms with Crippen LogP contribution < -0.4 is 4.74 Å². The van der Waals surface area contributed by atoms with Gasteiger partial charge in [0.25, 0.3) is 5.91 Å². The molecule has 1 aliphatic heterocycles. The minimum Gasteiger partial charge on any atom is -0.480 e. The fraction of sp³-hybridized carbons (Fsp3) is 0.474. The number of ether oxygens (including phenoxy) is 1. The normalized spacial score (nSPS) is 21.7. The van der Waals surface area contributed by atoms with Crippen LogP contribution in [0, 0.1) is 5.92 Å². The second-order valence-electron chi connectivity index (χ2n) is 6.94. The van der Waals surface area contributed by atoms with E-state index < -0.39 is 6.10 Å². The molecule has 1 saturated heterocycles. The molecule has 0 bridgehead atoms. The Morgan fingerprint density at radius 2 is 2.23 bits per heavy atom. The second kappa shape index (κ2) is 6.99. The molecular formula is C19H22N4O3. The van der Waals surface area contributed by atoms with Crippen molar-refractivity contribution in [1.29, 1.82) is 0 Å². The number of likely N-dealkylation sites (tertiary alicyclic amines) is 1. The van der Waals surface area contributed by atoms with Crippen molar-refractivity contribution in [3.8, 4) is 5.88 Å². The number of fused-ring (bicyclic) bond motifs is 1. The number of hydrogen-bond donors (Lipinski definition) is 1. The highest BCUT2D eigenvalue weighted by atomic mass is 16.5. The number of pyridine rings is 1. The van der Waals surface area contributed by atoms with E-state index in [9.17, 15) is 9.90 Å². The molecule has 0 aromatic carbocycles. The maximum Gasteiger partial charge on any atom is 0.259 e. The number of amides is 1. The number of methoxy groups -OCH3 is 1. The van der Waals surface area contributed by atoms with Gasteiger partial charge in [0, 0.05) is 43.3 Å². The van der Waals surface area contributed by atoms with E-state index in [1.54, 1.807) is 23.5 Å². The molecule has 2 aliphatic rings. The smallest absolute Gasteiger partial charge is 0.259 e. The van der Waals surface area contributed by atoms with Gasteiger partial charge in [0.15, 0.2) is 0 Å². The van der Waals surface area contributed by atoms with Gasteiger partial charge in [-0.15, -0.1) is 0 Å². The van der Waals surface area contributed by atoms with Crippen LogP contribution >= 0.6 is 0 Å². The molecule has 1 N–H and O–H groups in total. The Kier molecular flexibility index (Phi) is 4.55. The highest BCUT2D eigenvalue weighted by molar-refractivity contribution is 5.97. The van der Waals surface area contributed by atoms with Gasteiger partial charge < -0.3 is 14.7 Å². The van der Waals surface area contributed by atoms with Gasteiger partial charge in [-0.1, -0.05) is 0 Å². The lowest BCUT2D eigenvalue weighted by atomic mass is 10.0. The number of carbonyl (C=O) groups excluding carboxylic acids is 1. The summed E-state index contributed by atoms with van der Waals surface area (Å²) in [6, 6.07) is 1.92. The molecule has 3 heterocycles. The van der Waals surface area contributed by atoms with Crippen LogP contribution in [0.2, 0.25) is 0 Å². The van der Waals surface area contributed by atoms with Gasteiger partial charge in [0.05, 0.1) is 18.9 Å². The zero-order valence-corrected chi connectivity index (χ0v) is 14.8. The third-order valence-electron chi connectivity index (χ3n) is 5.22. The van der Waals surface area contributed by atoms with Crippen LogP contribution in [0.5, 0.6) is 5.88 Å². The molecule has 1 aliphatic carbocycles. The molecule has 0 radical (unpaired) electrons. The first-order chi connectivity index (χ1) is 12.7. The fourth-order valence-corrected chi connectivity index (χ4v) is 3.86. The van der Waals surface area contributed by atoms with Crippen LogP contribution in [0.3, 0.4) is 0 Å². The van der Waals surface area contributed by atoms with Crippen LogP contribution in [0.15, 0.2) is 24.7 Å². The highest BCUT2D eigenvalue weighted by Crippen LogP contribution is 2.29. The monoisotopic (exact) mass is 354 g/mol. The number of rotatable bonds is 4. The summed E-state index contributed by atoms with van der Waals surface area (Å²) in [5.41, 5.74) is 3.47. The number of aromatic nitrogens is 3. The minimum absolute atomic E-state index is 0.0518. The van der Waals surface area contributed by atoms with Crippen molar-refractivity contribution in [2.75, 3.05) is 20.2 Å². The van der Waals surface area contributed by atoms with E-state index in [1.165, 1.54) is 7.11 Å². The van der Waals surface area contributed by atoms with Crippen molar-refractivity contribution in [2.45, 2.75) is 31.8 Å². The third-order valence-corrected chi connectivity index (χ3v) is 5.22. The first-order valence-electron chi connectivity index (χ1n) is 8.94. The molecule has 1 amide bonds. The molecule has 0 saturated carbocycles. The Hall–Kier alpha value is -2.54. The van der Waals surface area contributed by atoms with Gasteiger partial charge >= 0.3 is 0 Å². The first-order valence-corrected chi connectivity index (χ1v) is 8.94. The molecule has 1 fully saturated rings. The summed E-state index contributed by atoms with van der Waals surface area (Å²) >= 11 is 0. The molecule has 7 heteroatoms. The molecule has 4 rings (SSSR count). The molecule has 2 unspecified atom stereocenters. The Labute approximate surface area is 152 Å². The van der Waals surface area contributed by atoms with E-state index in [0.717, 1.165) is 36.2 Å². The molecule has 7 nitrogen and oxygen atoms in total. The van der Waals surface area contributed by atoms with E-state index in [2.05, 4.69) is 15.0 Å². The van der Waals surface area contributed by atoms with E-state index in [-0.39, 0.29) is 11.8 Å². The average Bonchev–Trinajstić information content (AvgIpc) is 3.27. The van der Waals surface area contributed by atoms with E-state index in [0.29, 0.717) is 31.0 Å². The predicted octanol–water partition coefficient (Wildman–Crippen LogP) is 1.04. The molecule has 26 heavy (non-hydrogen) atoms. The SMILES string of the molecule is COc1nc2c(cc1C(=O)N1CC(O)C(Cc3cnccn3)C1)CCC2. The standard InChI is InChI=1S/C19H22N4O3/c1-26-18-15(8-12-3-2-4-16(12)22-18)19(25)23-10-13(17(24)11-23)7-14-9-20-5-6-21-14/h5-6,8-9,13,17,24H,2-4,7,10-11H2,1H3. The summed E-state index contributed by atoms with van der Waals surface area (Å²) in [5, 5.41) is 10.4. The number of aliphatic hydroxyl groups is 1. The predicted molar refractivity (Wildman–Crippen MR) is 94.0 cm³/mol. The number of nitrogens with zero attached hydrogens (tertiary/aromatic N) is 4. The fourth-order valence-electron chi connectivity index (χ4n) is 3.86. The molecule has 0 spiro atoms. The van der Waals surface area contributed by atoms with Crippen molar-refractivity contribution in [3.63, 3.8) is 0 Å². The van der Waals surface area contributed by atoms with Gasteiger partial charge in [0.1, 0.15) is 5.56 Å². The van der Waals surface area contributed by atoms with Gasteiger partial charge in [-0.2, -0.15) is 0 Å². The maximum absolute atomic E-state index is 13.0. The lowest BCUT2D eigenvalue weighted by Gasteiger charge is -2.18. The molecule has 2 atom stereocenters. The number of carbonyl (C=O) groups is 1. The summed E-state index contributed by atoms with van der Waals surface area (Å²) in [6.07, 6.45) is 7.93. The van der Waals surface area contributed by atoms with Crippen LogP contribution in [0.25, 0.3) is 0 Å². The maximum atomic E-state index is 13.0. The van der Waals surface area contributed by atoms with Crippen LogP contribution in [-0.2, 0) is 19.3 Å². The van der Waals surface area contributed by atoms with E-state index >= 15 is 0 Å². The van der Waals surface area contributed by atoms with E-state index in [4.69, 9.17) is 4.74 Å². The van der Waals surface area contributed by atoms with Crippen molar-refractivity contribution in [3.05, 3.63) is 47.2 Å². The third kappa shape index (κ3) is 3.14. The second-order valence-corrected chi connectivity index (χ2v) is 6.94. The zero-order chi connectivity index (χ0) is 18.1. The Morgan fingerprint density at radius 1 is 1.35 bits per heavy atom. The highest BCUT2D eigenvalue weighted by Gasteiger charge is 2.36. The van der Waals surface area contributed by atoms with Crippen molar-refractivity contribution in [2.24, 2.45) is 5.92 Å². The minimum atomic E-state index is -0.575. The average molecular weight is 354 g/mol. The molecule has 2 aromatic heterocycles. The number of hydrogen-bond acceptors (Lipinski definition) is 6. The largest absolute Gasteiger partial charge is 0.480 e. The Balaban J connectivity index is 1.52. The van der Waals surface area contributed by atoms with Crippen LogP contribution in [0.4, 0.5) is 0 Å². The van der Waals surface area contributed by atoms with Gasteiger partial charge in [0.2, 0.25) is 5.88 Å². The van der Waals surface area contributed by atoms with Crippen LogP contribution in [0.1, 0.15) is 33.7 Å². The van der Waals surface area contributed by atoms with Crippen LogP contribution in [-0.4, -0.2) is 57.2 Å². The summed E-state index contributed by atoms with van der Waals surface area (Å²) in [5.74, 6) is 0.191. The van der Waals surface area contributed by atoms with Gasteiger partial charge in [-0.05, 0) is 37.3 Å². The molecule has 2 aromatic rings. The first kappa shape index (κ1) is 16.9. The number of aryl methyl sites for hydroxylation is 2.